The first-order valence-electron chi connectivity index (χ1n) is 10.9. The number of thioether (sulfide) groups is 1. The summed E-state index contributed by atoms with van der Waals surface area (Å²) in [5.41, 5.74) is 3.68. The third-order valence-electron chi connectivity index (χ3n) is 5.58. The van der Waals surface area contributed by atoms with Crippen LogP contribution in [0.4, 0.5) is 0 Å². The van der Waals surface area contributed by atoms with E-state index in [4.69, 9.17) is 4.98 Å². The number of amides is 1. The van der Waals surface area contributed by atoms with Crippen molar-refractivity contribution in [3.05, 3.63) is 94.6 Å². The highest BCUT2D eigenvalue weighted by molar-refractivity contribution is 7.99. The Morgan fingerprint density at radius 3 is 2.50 bits per heavy atom. The van der Waals surface area contributed by atoms with Gasteiger partial charge in [-0.05, 0) is 11.1 Å². The number of hydrazone groups is 1. The van der Waals surface area contributed by atoms with E-state index in [1.165, 1.54) is 28.1 Å². The number of nitrogens with zero attached hydrogens (tertiary/aromatic N) is 4. The Balaban J connectivity index is 1.40. The van der Waals surface area contributed by atoms with E-state index in [1.54, 1.807) is 10.6 Å². The molecule has 6 nitrogen and oxygen atoms in total. The predicted molar refractivity (Wildman–Crippen MR) is 140 cm³/mol. The summed E-state index contributed by atoms with van der Waals surface area (Å²) in [5.74, 6) is 0.0454. The molecule has 0 spiro atoms. The normalized spacial score (nSPS) is 13.3. The molecule has 0 aliphatic carbocycles. The first-order chi connectivity index (χ1) is 16.7. The molecular weight excluding hydrogens is 464 g/mol. The molecule has 34 heavy (non-hydrogen) atoms. The second-order valence-corrected chi connectivity index (χ2v) is 9.56. The molecule has 0 unspecified atom stereocenters. The van der Waals surface area contributed by atoms with Crippen LogP contribution in [0.25, 0.3) is 21.3 Å². The summed E-state index contributed by atoms with van der Waals surface area (Å²) < 4.78 is 1.59. The van der Waals surface area contributed by atoms with Crippen LogP contribution in [0.2, 0.25) is 0 Å². The molecule has 5 rings (SSSR count). The summed E-state index contributed by atoms with van der Waals surface area (Å²) in [4.78, 5) is 31.7. The molecule has 0 N–H and O–H groups in total. The first kappa shape index (κ1) is 22.3. The number of hydrogen-bond acceptors (Lipinski definition) is 6. The second kappa shape index (κ2) is 9.79. The van der Waals surface area contributed by atoms with Crippen molar-refractivity contribution in [1.82, 2.24) is 14.6 Å². The van der Waals surface area contributed by atoms with Crippen molar-refractivity contribution in [3.8, 4) is 11.1 Å². The Morgan fingerprint density at radius 1 is 1.09 bits per heavy atom. The molecule has 3 heterocycles. The van der Waals surface area contributed by atoms with Crippen molar-refractivity contribution >= 4 is 44.9 Å². The van der Waals surface area contributed by atoms with Crippen molar-refractivity contribution in [3.63, 3.8) is 0 Å². The van der Waals surface area contributed by atoms with Gasteiger partial charge in [-0.1, -0.05) is 78.5 Å². The summed E-state index contributed by atoms with van der Waals surface area (Å²) in [7, 11) is 0. The minimum absolute atomic E-state index is 0.105. The van der Waals surface area contributed by atoms with Gasteiger partial charge in [-0.2, -0.15) is 5.10 Å². The van der Waals surface area contributed by atoms with E-state index in [9.17, 15) is 9.59 Å². The molecule has 2 aromatic heterocycles. The average molecular weight is 487 g/mol. The monoisotopic (exact) mass is 486 g/mol. The lowest BCUT2D eigenvalue weighted by molar-refractivity contribution is -0.127. The maximum absolute atomic E-state index is 13.4. The molecule has 4 aromatic rings. The molecular formula is C26H22N4O2S2. The van der Waals surface area contributed by atoms with Crippen molar-refractivity contribution < 1.29 is 4.79 Å². The predicted octanol–water partition coefficient (Wildman–Crippen LogP) is 5.04. The van der Waals surface area contributed by atoms with Crippen LogP contribution >= 0.6 is 23.1 Å². The van der Waals surface area contributed by atoms with Crippen LogP contribution in [0.5, 0.6) is 0 Å². The van der Waals surface area contributed by atoms with Gasteiger partial charge in [0.1, 0.15) is 4.83 Å². The Bertz CT molecular complexity index is 1440. The van der Waals surface area contributed by atoms with Crippen molar-refractivity contribution in [1.29, 1.82) is 0 Å². The molecule has 0 saturated heterocycles. The van der Waals surface area contributed by atoms with Crippen LogP contribution in [0.3, 0.4) is 0 Å². The van der Waals surface area contributed by atoms with Gasteiger partial charge in [0.25, 0.3) is 11.5 Å². The van der Waals surface area contributed by atoms with Gasteiger partial charge in [0.2, 0.25) is 0 Å². The Morgan fingerprint density at radius 2 is 1.79 bits per heavy atom. The SMILES string of the molecule is C=CCn1c(SCC(=O)N2CCC(c3ccccc3)=N2)nc2scc(-c3ccccc3)c2c1=O. The van der Waals surface area contributed by atoms with Crippen LogP contribution < -0.4 is 5.56 Å². The van der Waals surface area contributed by atoms with E-state index >= 15 is 0 Å². The van der Waals surface area contributed by atoms with Gasteiger partial charge in [-0.15, -0.1) is 17.9 Å². The van der Waals surface area contributed by atoms with Gasteiger partial charge < -0.3 is 0 Å². The van der Waals surface area contributed by atoms with E-state index < -0.39 is 0 Å². The van der Waals surface area contributed by atoms with E-state index in [-0.39, 0.29) is 17.2 Å². The molecule has 1 aliphatic rings. The third kappa shape index (κ3) is 4.34. The van der Waals surface area contributed by atoms with Gasteiger partial charge in [0.15, 0.2) is 5.16 Å². The Kier molecular flexibility index (Phi) is 6.42. The average Bonchev–Trinajstić information content (AvgIpc) is 3.54. The Hall–Kier alpha value is -3.49. The number of carbonyl (C=O) groups is 1. The lowest BCUT2D eigenvalue weighted by Crippen LogP contribution is -2.27. The number of fused-ring (bicyclic) bond motifs is 1. The summed E-state index contributed by atoms with van der Waals surface area (Å²) in [6.45, 7) is 4.67. The van der Waals surface area contributed by atoms with Gasteiger partial charge >= 0.3 is 0 Å². The van der Waals surface area contributed by atoms with Crippen molar-refractivity contribution in [2.45, 2.75) is 18.1 Å². The molecule has 0 atom stereocenters. The minimum atomic E-state index is -0.120. The largest absolute Gasteiger partial charge is 0.283 e. The highest BCUT2D eigenvalue weighted by atomic mass is 32.2. The van der Waals surface area contributed by atoms with Gasteiger partial charge in [0, 0.05) is 23.9 Å². The third-order valence-corrected chi connectivity index (χ3v) is 7.41. The quantitative estimate of drug-likeness (QED) is 0.209. The van der Waals surface area contributed by atoms with Crippen LogP contribution in [-0.4, -0.2) is 38.5 Å². The number of allylic oxidation sites excluding steroid dienone is 1. The maximum Gasteiger partial charge on any atom is 0.263 e. The molecule has 1 amide bonds. The maximum atomic E-state index is 13.4. The molecule has 170 valence electrons. The zero-order valence-electron chi connectivity index (χ0n) is 18.4. The summed E-state index contributed by atoms with van der Waals surface area (Å²) in [6, 6.07) is 19.7. The number of benzene rings is 2. The summed E-state index contributed by atoms with van der Waals surface area (Å²) in [6.07, 6.45) is 2.40. The number of hydrogen-bond donors (Lipinski definition) is 0. The Labute approximate surface area is 205 Å². The molecule has 0 fully saturated rings. The van der Waals surface area contributed by atoms with Gasteiger partial charge in [-0.25, -0.2) is 9.99 Å². The van der Waals surface area contributed by atoms with Crippen LogP contribution in [0, 0.1) is 0 Å². The minimum Gasteiger partial charge on any atom is -0.283 e. The number of rotatable bonds is 7. The molecule has 0 saturated carbocycles. The van der Waals surface area contributed by atoms with Crippen molar-refractivity contribution in [2.75, 3.05) is 12.3 Å². The molecule has 0 bridgehead atoms. The molecule has 2 aromatic carbocycles. The van der Waals surface area contributed by atoms with Gasteiger partial charge in [0.05, 0.1) is 23.4 Å². The van der Waals surface area contributed by atoms with Crippen LogP contribution in [-0.2, 0) is 11.3 Å². The zero-order valence-corrected chi connectivity index (χ0v) is 20.0. The number of carbonyl (C=O) groups excluding carboxylic acids is 1. The topological polar surface area (TPSA) is 67.6 Å². The lowest BCUT2D eigenvalue weighted by atomic mass is 10.1. The molecule has 8 heteroatoms. The number of thiophene rings is 1. The number of aromatic nitrogens is 2. The van der Waals surface area contributed by atoms with E-state index in [0.29, 0.717) is 28.5 Å². The first-order valence-corrected chi connectivity index (χ1v) is 12.8. The summed E-state index contributed by atoms with van der Waals surface area (Å²) in [5, 5.41) is 9.12. The fourth-order valence-electron chi connectivity index (χ4n) is 3.91. The van der Waals surface area contributed by atoms with E-state index in [2.05, 4.69) is 11.7 Å². The fourth-order valence-corrected chi connectivity index (χ4v) is 5.77. The standard InChI is InChI=1S/C26H22N4O2S2/c1-2-14-29-25(32)23-20(18-9-5-3-6-10-18)16-33-24(23)27-26(29)34-17-22(31)30-15-13-21(28-30)19-11-7-4-8-12-19/h2-12,16H,1,13-15,17H2. The highest BCUT2D eigenvalue weighted by Gasteiger charge is 2.23. The second-order valence-electron chi connectivity index (χ2n) is 7.76. The molecule has 0 radical (unpaired) electrons. The highest BCUT2D eigenvalue weighted by Crippen LogP contribution is 2.32. The van der Waals surface area contributed by atoms with E-state index in [0.717, 1.165) is 28.8 Å². The van der Waals surface area contributed by atoms with E-state index in [1.807, 2.05) is 66.0 Å². The van der Waals surface area contributed by atoms with Crippen molar-refractivity contribution in [2.24, 2.45) is 5.10 Å². The van der Waals surface area contributed by atoms with Crippen LogP contribution in [0.15, 0.2) is 93.8 Å². The summed E-state index contributed by atoms with van der Waals surface area (Å²) >= 11 is 2.70. The van der Waals surface area contributed by atoms with Gasteiger partial charge in [-0.3, -0.25) is 14.2 Å². The molecule has 1 aliphatic heterocycles. The smallest absolute Gasteiger partial charge is 0.263 e. The zero-order chi connectivity index (χ0) is 23.5. The fraction of sp³-hybridized carbons (Fsp3) is 0.154. The lowest BCUT2D eigenvalue weighted by Gasteiger charge is -2.13. The van der Waals surface area contributed by atoms with Crippen LogP contribution in [0.1, 0.15) is 12.0 Å².